The average Bonchev–Trinajstić information content (AvgIpc) is 3.04. The van der Waals surface area contributed by atoms with Crippen LogP contribution in [0.1, 0.15) is 92.4 Å². The molecule has 0 radical (unpaired) electrons. The summed E-state index contributed by atoms with van der Waals surface area (Å²) in [5.74, 6) is 1.94. The summed E-state index contributed by atoms with van der Waals surface area (Å²) in [6, 6.07) is 0. The van der Waals surface area contributed by atoms with E-state index >= 15 is 0 Å². The summed E-state index contributed by atoms with van der Waals surface area (Å²) in [7, 11) is 0. The molecule has 176 valence electrons. The molecule has 3 aliphatic rings. The molecular formula is C28H46O3. The van der Waals surface area contributed by atoms with Crippen molar-refractivity contribution in [3.63, 3.8) is 0 Å². The van der Waals surface area contributed by atoms with Crippen molar-refractivity contribution in [2.45, 2.75) is 110 Å². The van der Waals surface area contributed by atoms with Gasteiger partial charge in [0.25, 0.3) is 0 Å². The van der Waals surface area contributed by atoms with Gasteiger partial charge < -0.3 is 15.3 Å². The second-order valence-electron chi connectivity index (χ2n) is 11.8. The molecule has 1 unspecified atom stereocenters. The molecule has 0 aromatic carbocycles. The largest absolute Gasteiger partial charge is 0.392 e. The first-order chi connectivity index (χ1) is 14.4. The molecule has 7 atom stereocenters. The Labute approximate surface area is 190 Å². The van der Waals surface area contributed by atoms with Gasteiger partial charge in [-0.3, -0.25) is 0 Å². The lowest BCUT2D eigenvalue weighted by Gasteiger charge is -2.44. The third-order valence-corrected chi connectivity index (χ3v) is 8.97. The van der Waals surface area contributed by atoms with Gasteiger partial charge in [0.1, 0.15) is 0 Å². The SMILES string of the molecule is C=C1/C(=C\C=C2CCC[C@@]3(C)C2CC[C@@H]3[C@@H](C)CCCC(C)(C)O)C[C@@H](O)[C@@H](C)[C@H]1O. The van der Waals surface area contributed by atoms with E-state index in [0.29, 0.717) is 23.7 Å². The van der Waals surface area contributed by atoms with Gasteiger partial charge >= 0.3 is 0 Å². The van der Waals surface area contributed by atoms with Gasteiger partial charge in [-0.25, -0.2) is 0 Å². The van der Waals surface area contributed by atoms with E-state index in [0.717, 1.165) is 36.3 Å². The fraction of sp³-hybridized carbons (Fsp3) is 0.786. The Kier molecular flexibility index (Phi) is 7.61. The van der Waals surface area contributed by atoms with Crippen LogP contribution in [0, 0.1) is 29.1 Å². The van der Waals surface area contributed by atoms with Crippen molar-refractivity contribution in [2.24, 2.45) is 29.1 Å². The molecule has 0 spiro atoms. The van der Waals surface area contributed by atoms with Crippen LogP contribution in [-0.4, -0.2) is 33.1 Å². The van der Waals surface area contributed by atoms with Crippen molar-refractivity contribution in [2.75, 3.05) is 0 Å². The Balaban J connectivity index is 1.71. The van der Waals surface area contributed by atoms with Crippen LogP contribution in [-0.2, 0) is 0 Å². The van der Waals surface area contributed by atoms with Crippen LogP contribution in [0.2, 0.25) is 0 Å². The summed E-state index contributed by atoms with van der Waals surface area (Å²) in [6.45, 7) is 14.8. The molecule has 31 heavy (non-hydrogen) atoms. The second kappa shape index (κ2) is 9.53. The lowest BCUT2D eigenvalue weighted by molar-refractivity contribution is 0.0283. The molecule has 0 aromatic rings. The molecule has 0 bridgehead atoms. The molecule has 3 aliphatic carbocycles. The highest BCUT2D eigenvalue weighted by atomic mass is 16.3. The Morgan fingerprint density at radius 3 is 2.61 bits per heavy atom. The second-order valence-corrected chi connectivity index (χ2v) is 11.8. The Bertz CT molecular complexity index is 712. The van der Waals surface area contributed by atoms with Crippen molar-refractivity contribution < 1.29 is 15.3 Å². The predicted octanol–water partition coefficient (Wildman–Crippen LogP) is 5.95. The van der Waals surface area contributed by atoms with E-state index in [-0.39, 0.29) is 5.92 Å². The van der Waals surface area contributed by atoms with Gasteiger partial charge in [-0.2, -0.15) is 0 Å². The molecule has 3 rings (SSSR count). The number of aliphatic hydroxyl groups excluding tert-OH is 2. The minimum Gasteiger partial charge on any atom is -0.392 e. The maximum absolute atomic E-state index is 10.4. The van der Waals surface area contributed by atoms with Gasteiger partial charge in [0, 0.05) is 5.92 Å². The van der Waals surface area contributed by atoms with Crippen molar-refractivity contribution in [3.8, 4) is 0 Å². The number of hydrogen-bond acceptors (Lipinski definition) is 3. The average molecular weight is 431 g/mol. The fourth-order valence-corrected chi connectivity index (χ4v) is 6.91. The van der Waals surface area contributed by atoms with E-state index < -0.39 is 17.8 Å². The van der Waals surface area contributed by atoms with Gasteiger partial charge in [-0.15, -0.1) is 0 Å². The molecule has 3 nitrogen and oxygen atoms in total. The zero-order valence-corrected chi connectivity index (χ0v) is 20.5. The van der Waals surface area contributed by atoms with E-state index in [2.05, 4.69) is 32.6 Å². The zero-order valence-electron chi connectivity index (χ0n) is 20.5. The summed E-state index contributed by atoms with van der Waals surface area (Å²) in [6.07, 6.45) is 13.4. The molecule has 3 heteroatoms. The molecule has 0 amide bonds. The van der Waals surface area contributed by atoms with Crippen LogP contribution >= 0.6 is 0 Å². The highest BCUT2D eigenvalue weighted by Crippen LogP contribution is 2.60. The quantitative estimate of drug-likeness (QED) is 0.488. The van der Waals surface area contributed by atoms with Gasteiger partial charge in [0.15, 0.2) is 0 Å². The first kappa shape index (κ1) is 24.7. The van der Waals surface area contributed by atoms with Gasteiger partial charge in [-0.05, 0) is 93.1 Å². The third kappa shape index (κ3) is 5.37. The highest BCUT2D eigenvalue weighted by molar-refractivity contribution is 5.39. The Morgan fingerprint density at radius 1 is 1.23 bits per heavy atom. The predicted molar refractivity (Wildman–Crippen MR) is 129 cm³/mol. The summed E-state index contributed by atoms with van der Waals surface area (Å²) in [4.78, 5) is 0. The number of rotatable bonds is 6. The third-order valence-electron chi connectivity index (χ3n) is 8.97. The van der Waals surface area contributed by atoms with Crippen molar-refractivity contribution in [1.82, 2.24) is 0 Å². The lowest BCUT2D eigenvalue weighted by Crippen LogP contribution is -2.36. The maximum Gasteiger partial charge on any atom is 0.0837 e. The van der Waals surface area contributed by atoms with Crippen LogP contribution < -0.4 is 0 Å². The van der Waals surface area contributed by atoms with Crippen molar-refractivity contribution in [3.05, 3.63) is 35.5 Å². The molecule has 0 saturated heterocycles. The summed E-state index contributed by atoms with van der Waals surface area (Å²) >= 11 is 0. The van der Waals surface area contributed by atoms with E-state index in [1.54, 1.807) is 5.57 Å². The van der Waals surface area contributed by atoms with Gasteiger partial charge in [0.05, 0.1) is 17.8 Å². The number of aliphatic hydroxyl groups is 3. The van der Waals surface area contributed by atoms with Crippen LogP contribution in [0.3, 0.4) is 0 Å². The van der Waals surface area contributed by atoms with Gasteiger partial charge in [-0.1, -0.05) is 57.9 Å². The monoisotopic (exact) mass is 430 g/mol. The Hall–Kier alpha value is -0.900. The van der Waals surface area contributed by atoms with Crippen LogP contribution in [0.25, 0.3) is 0 Å². The molecule has 3 N–H and O–H groups in total. The summed E-state index contributed by atoms with van der Waals surface area (Å²) in [5.41, 5.74) is 3.15. The van der Waals surface area contributed by atoms with Crippen LogP contribution in [0.5, 0.6) is 0 Å². The zero-order chi connectivity index (χ0) is 23.0. The molecule has 0 heterocycles. The van der Waals surface area contributed by atoms with Crippen molar-refractivity contribution >= 4 is 0 Å². The Morgan fingerprint density at radius 2 is 1.94 bits per heavy atom. The minimum atomic E-state index is -0.648. The standard InChI is InChI=1S/C28H46O3/c1-18(9-7-15-27(4,5)31)23-13-14-24-21(10-8-16-28(23,24)6)11-12-22-17-25(29)20(3)26(30)19(22)2/h11-12,18,20,23-26,29-31H,2,7-10,13-17H2,1,3-6H3/b21-11?,22-12-/t18-,20+,23+,24?,25+,26-,28+/m0/s1. The highest BCUT2D eigenvalue weighted by Gasteiger charge is 2.50. The first-order valence-electron chi connectivity index (χ1n) is 12.6. The summed E-state index contributed by atoms with van der Waals surface area (Å²) in [5, 5.41) is 30.7. The first-order valence-corrected chi connectivity index (χ1v) is 12.6. The molecule has 3 saturated carbocycles. The summed E-state index contributed by atoms with van der Waals surface area (Å²) < 4.78 is 0. The van der Waals surface area contributed by atoms with Gasteiger partial charge in [0.2, 0.25) is 0 Å². The smallest absolute Gasteiger partial charge is 0.0837 e. The van der Waals surface area contributed by atoms with Crippen LogP contribution in [0.15, 0.2) is 35.5 Å². The number of hydrogen-bond donors (Lipinski definition) is 3. The minimum absolute atomic E-state index is 0.149. The molecule has 3 fully saturated rings. The number of fused-ring (bicyclic) bond motifs is 1. The van der Waals surface area contributed by atoms with Crippen LogP contribution in [0.4, 0.5) is 0 Å². The van der Waals surface area contributed by atoms with E-state index in [1.807, 2.05) is 20.8 Å². The van der Waals surface area contributed by atoms with E-state index in [9.17, 15) is 15.3 Å². The lowest BCUT2D eigenvalue weighted by atomic mass is 9.60. The topological polar surface area (TPSA) is 60.7 Å². The van der Waals surface area contributed by atoms with E-state index in [4.69, 9.17) is 0 Å². The van der Waals surface area contributed by atoms with Crippen molar-refractivity contribution in [1.29, 1.82) is 0 Å². The molecule has 0 aromatic heterocycles. The normalized spacial score (nSPS) is 40.4. The number of allylic oxidation sites excluding steroid dienone is 3. The molecule has 0 aliphatic heterocycles. The van der Waals surface area contributed by atoms with E-state index in [1.165, 1.54) is 32.1 Å². The molecular weight excluding hydrogens is 384 g/mol. The fourth-order valence-electron chi connectivity index (χ4n) is 6.91. The maximum atomic E-state index is 10.4.